The highest BCUT2D eigenvalue weighted by atomic mass is 15.2. The summed E-state index contributed by atoms with van der Waals surface area (Å²) in [6.45, 7) is 4.78. The van der Waals surface area contributed by atoms with Gasteiger partial charge in [-0.2, -0.15) is 9.97 Å². The molecule has 240 valence electrons. The minimum atomic E-state index is -0.273. The molecule has 0 N–H and O–H groups in total. The maximum absolute atomic E-state index is 5.20. The molecular formula is C46H31N5. The molecule has 1 aliphatic heterocycles. The first-order chi connectivity index (χ1) is 25.1. The monoisotopic (exact) mass is 653 g/mol. The van der Waals surface area contributed by atoms with Crippen LogP contribution in [0.5, 0.6) is 0 Å². The molecule has 0 spiro atoms. The maximum atomic E-state index is 5.20. The summed E-state index contributed by atoms with van der Waals surface area (Å²) in [5, 5.41) is 7.48. The highest BCUT2D eigenvalue weighted by Crippen LogP contribution is 2.51. The van der Waals surface area contributed by atoms with Crippen molar-refractivity contribution in [2.75, 3.05) is 0 Å². The van der Waals surface area contributed by atoms with Gasteiger partial charge in [0.05, 0.1) is 27.8 Å². The Kier molecular flexibility index (Phi) is 5.66. The van der Waals surface area contributed by atoms with Gasteiger partial charge in [0, 0.05) is 38.1 Å². The van der Waals surface area contributed by atoms with Crippen LogP contribution in [-0.4, -0.2) is 24.1 Å². The van der Waals surface area contributed by atoms with E-state index in [9.17, 15) is 0 Å². The van der Waals surface area contributed by atoms with Crippen molar-refractivity contribution in [3.05, 3.63) is 163 Å². The fourth-order valence-electron chi connectivity index (χ4n) is 8.61. The number of hydrogen-bond acceptors (Lipinski definition) is 3. The Morgan fingerprint density at radius 3 is 1.67 bits per heavy atom. The average molecular weight is 654 g/mol. The van der Waals surface area contributed by atoms with E-state index in [0.29, 0.717) is 17.6 Å². The predicted molar refractivity (Wildman–Crippen MR) is 209 cm³/mol. The topological polar surface area (TPSA) is 48.5 Å². The van der Waals surface area contributed by atoms with Gasteiger partial charge in [-0.15, -0.1) is 0 Å². The molecule has 10 aromatic rings. The molecule has 3 aromatic heterocycles. The lowest BCUT2D eigenvalue weighted by Crippen LogP contribution is -2.26. The third-order valence-electron chi connectivity index (χ3n) is 10.9. The molecule has 0 saturated carbocycles. The normalized spacial score (nSPS) is 13.5. The summed E-state index contributed by atoms with van der Waals surface area (Å²) < 4.78 is 4.74. The lowest BCUT2D eigenvalue weighted by Gasteiger charge is -2.36. The molecule has 0 fully saturated rings. The second-order valence-electron chi connectivity index (χ2n) is 14.1. The maximum Gasteiger partial charge on any atom is 0.238 e. The first kappa shape index (κ1) is 28.3. The van der Waals surface area contributed by atoms with Crippen molar-refractivity contribution in [2.45, 2.75) is 19.3 Å². The van der Waals surface area contributed by atoms with Gasteiger partial charge < -0.3 is 4.57 Å². The summed E-state index contributed by atoms with van der Waals surface area (Å²) in [7, 11) is 0. The number of rotatable bonds is 3. The van der Waals surface area contributed by atoms with Crippen molar-refractivity contribution in [1.29, 1.82) is 0 Å². The second kappa shape index (κ2) is 10.2. The molecule has 0 amide bonds. The first-order valence-electron chi connectivity index (χ1n) is 17.5. The van der Waals surface area contributed by atoms with Gasteiger partial charge >= 0.3 is 0 Å². The number of benzene rings is 7. The molecule has 4 heterocycles. The fraction of sp³-hybridized carbons (Fsp3) is 0.0652. The predicted octanol–water partition coefficient (Wildman–Crippen LogP) is 11.2. The van der Waals surface area contributed by atoms with E-state index < -0.39 is 0 Å². The van der Waals surface area contributed by atoms with Crippen molar-refractivity contribution in [3.63, 3.8) is 0 Å². The first-order valence-corrected chi connectivity index (χ1v) is 17.5. The number of para-hydroxylation sites is 2. The molecule has 0 aliphatic carbocycles. The molecule has 0 bridgehead atoms. The summed E-state index contributed by atoms with van der Waals surface area (Å²) in [5.74, 6) is 1.88. The highest BCUT2D eigenvalue weighted by molar-refractivity contribution is 6.18. The van der Waals surface area contributed by atoms with Gasteiger partial charge in [0.15, 0.2) is 11.6 Å². The molecule has 5 nitrogen and oxygen atoms in total. The number of nitrogens with zero attached hydrogens (tertiary/aromatic N) is 5. The van der Waals surface area contributed by atoms with Crippen LogP contribution < -0.4 is 0 Å². The largest absolute Gasteiger partial charge is 0.309 e. The van der Waals surface area contributed by atoms with Crippen LogP contribution in [0.15, 0.2) is 152 Å². The third kappa shape index (κ3) is 3.89. The lowest BCUT2D eigenvalue weighted by molar-refractivity contribution is 0.637. The summed E-state index contributed by atoms with van der Waals surface area (Å²) in [6.07, 6.45) is 0. The summed E-state index contributed by atoms with van der Waals surface area (Å²) in [6, 6.07) is 53.9. The lowest BCUT2D eigenvalue weighted by atomic mass is 9.72. The third-order valence-corrected chi connectivity index (χ3v) is 10.9. The van der Waals surface area contributed by atoms with Crippen molar-refractivity contribution in [2.24, 2.45) is 0 Å². The quantitative estimate of drug-likeness (QED) is 0.191. The van der Waals surface area contributed by atoms with Gasteiger partial charge in [0.2, 0.25) is 5.95 Å². The Hall–Kier alpha value is -6.59. The number of hydrogen-bond donors (Lipinski definition) is 0. The van der Waals surface area contributed by atoms with Crippen molar-refractivity contribution in [1.82, 2.24) is 24.1 Å². The molecular weight excluding hydrogens is 623 g/mol. The van der Waals surface area contributed by atoms with Crippen molar-refractivity contribution >= 4 is 54.4 Å². The number of fused-ring (bicyclic) bond motifs is 10. The Labute approximate surface area is 294 Å². The average Bonchev–Trinajstić information content (AvgIpc) is 3.68. The van der Waals surface area contributed by atoms with Crippen molar-refractivity contribution < 1.29 is 0 Å². The zero-order valence-electron chi connectivity index (χ0n) is 28.2. The Bertz CT molecular complexity index is 2980. The fourth-order valence-corrected chi connectivity index (χ4v) is 8.61. The zero-order valence-corrected chi connectivity index (χ0v) is 28.2. The van der Waals surface area contributed by atoms with E-state index in [1.54, 1.807) is 0 Å². The molecule has 11 rings (SSSR count). The van der Waals surface area contributed by atoms with E-state index in [4.69, 9.17) is 15.0 Å². The van der Waals surface area contributed by atoms with Gasteiger partial charge in [-0.3, -0.25) is 4.57 Å². The van der Waals surface area contributed by atoms with Crippen molar-refractivity contribution in [3.8, 4) is 34.4 Å². The SMILES string of the molecule is CC1(C)c2cc3c4ccccc4n(-c4nc(-c5ccccc5)nc(-c5ccccc5)n4)c3cc2-n2c3ccccc3c3cc4ccccc4c1c32. The van der Waals surface area contributed by atoms with Crippen LogP contribution in [0.1, 0.15) is 25.0 Å². The molecule has 7 aromatic carbocycles. The second-order valence-corrected chi connectivity index (χ2v) is 14.1. The van der Waals surface area contributed by atoms with Crippen LogP contribution in [0.3, 0.4) is 0 Å². The minimum absolute atomic E-state index is 0.273. The zero-order chi connectivity index (χ0) is 33.8. The van der Waals surface area contributed by atoms with E-state index in [1.807, 2.05) is 36.4 Å². The van der Waals surface area contributed by atoms with Crippen LogP contribution in [0.4, 0.5) is 0 Å². The Morgan fingerprint density at radius 1 is 0.451 bits per heavy atom. The van der Waals surface area contributed by atoms with E-state index >= 15 is 0 Å². The number of aromatic nitrogens is 5. The van der Waals surface area contributed by atoms with E-state index in [-0.39, 0.29) is 5.41 Å². The van der Waals surface area contributed by atoms with E-state index in [1.165, 1.54) is 60.2 Å². The van der Waals surface area contributed by atoms with Crippen LogP contribution in [0.2, 0.25) is 0 Å². The minimum Gasteiger partial charge on any atom is -0.309 e. The van der Waals surface area contributed by atoms with Gasteiger partial charge in [-0.25, -0.2) is 4.98 Å². The van der Waals surface area contributed by atoms with E-state index in [2.05, 4.69) is 138 Å². The molecule has 1 aliphatic rings. The highest BCUT2D eigenvalue weighted by Gasteiger charge is 2.37. The Balaban J connectivity index is 1.28. The summed E-state index contributed by atoms with van der Waals surface area (Å²) in [4.78, 5) is 15.4. The van der Waals surface area contributed by atoms with Crippen LogP contribution in [0, 0.1) is 0 Å². The molecule has 0 radical (unpaired) electrons. The molecule has 0 saturated heterocycles. The van der Waals surface area contributed by atoms with E-state index in [0.717, 1.165) is 22.2 Å². The van der Waals surface area contributed by atoms with Gasteiger partial charge in [-0.1, -0.05) is 135 Å². The van der Waals surface area contributed by atoms with Gasteiger partial charge in [0.1, 0.15) is 0 Å². The van der Waals surface area contributed by atoms with Crippen LogP contribution in [0.25, 0.3) is 88.8 Å². The molecule has 51 heavy (non-hydrogen) atoms. The van der Waals surface area contributed by atoms with Crippen LogP contribution in [-0.2, 0) is 5.41 Å². The van der Waals surface area contributed by atoms with Gasteiger partial charge in [0.25, 0.3) is 0 Å². The molecule has 0 atom stereocenters. The van der Waals surface area contributed by atoms with Gasteiger partial charge in [-0.05, 0) is 52.2 Å². The smallest absolute Gasteiger partial charge is 0.238 e. The molecule has 5 heteroatoms. The Morgan fingerprint density at radius 2 is 1.00 bits per heavy atom. The van der Waals surface area contributed by atoms with Crippen LogP contribution >= 0.6 is 0 Å². The summed E-state index contributed by atoms with van der Waals surface area (Å²) >= 11 is 0. The standard InChI is InChI=1S/C46H31N5/c1-46(2)36-26-34-32-21-11-14-24-38(32)51(45-48-43(28-15-5-3-6-16-28)47-44(49-45)29-17-7-4-8-18-29)39(34)27-40(36)50-37-23-13-12-22-33(37)35-25-30-19-9-10-20-31(30)41(46)42(35)50/h3-27H,1-2H3. The summed E-state index contributed by atoms with van der Waals surface area (Å²) in [5.41, 5.74) is 10.1. The molecule has 0 unspecified atom stereocenters.